The van der Waals surface area contributed by atoms with E-state index in [0.717, 1.165) is 11.3 Å². The number of hydrogen-bond acceptors (Lipinski definition) is 4. The van der Waals surface area contributed by atoms with Crippen LogP contribution in [0.4, 0.5) is 0 Å². The molecular weight excluding hydrogens is 270 g/mol. The van der Waals surface area contributed by atoms with E-state index >= 15 is 0 Å². The van der Waals surface area contributed by atoms with E-state index in [1.54, 1.807) is 13.1 Å². The number of likely N-dealkylation sites (N-methyl/N-ethyl adjacent to an activating group) is 1. The number of hydrogen-bond donors (Lipinski definition) is 1. The number of nitrogens with one attached hydrogen (secondary N) is 1. The minimum atomic E-state index is -0.105. The molecule has 6 heteroatoms. The van der Waals surface area contributed by atoms with Crippen LogP contribution in [-0.4, -0.2) is 36.6 Å². The fraction of sp³-hybridized carbons (Fsp3) is 0.333. The van der Waals surface area contributed by atoms with Crippen LogP contribution in [-0.2, 0) is 4.79 Å². The van der Waals surface area contributed by atoms with Crippen molar-refractivity contribution in [3.63, 3.8) is 0 Å². The Morgan fingerprint density at radius 2 is 2.10 bits per heavy atom. The van der Waals surface area contributed by atoms with Crippen molar-refractivity contribution < 1.29 is 14.3 Å². The van der Waals surface area contributed by atoms with E-state index in [-0.39, 0.29) is 18.7 Å². The van der Waals surface area contributed by atoms with Gasteiger partial charge in [-0.05, 0) is 37.6 Å². The van der Waals surface area contributed by atoms with Crippen molar-refractivity contribution in [2.45, 2.75) is 19.9 Å². The molecule has 21 heavy (non-hydrogen) atoms. The van der Waals surface area contributed by atoms with Gasteiger partial charge in [-0.2, -0.15) is 0 Å². The zero-order valence-corrected chi connectivity index (χ0v) is 12.2. The second-order valence-electron chi connectivity index (χ2n) is 5.21. The summed E-state index contributed by atoms with van der Waals surface area (Å²) in [4.78, 5) is 18.1. The molecular formula is C15H17N3O3. The first-order valence-corrected chi connectivity index (χ1v) is 6.79. The van der Waals surface area contributed by atoms with Gasteiger partial charge in [0, 0.05) is 13.1 Å². The number of nitrogens with zero attached hydrogens (tertiary/aromatic N) is 2. The molecule has 110 valence electrons. The van der Waals surface area contributed by atoms with Gasteiger partial charge in [-0.25, -0.2) is 4.99 Å². The Morgan fingerprint density at radius 1 is 1.33 bits per heavy atom. The largest absolute Gasteiger partial charge is 0.454 e. The molecule has 0 saturated carbocycles. The first-order chi connectivity index (χ1) is 10.0. The Balaban J connectivity index is 1.88. The summed E-state index contributed by atoms with van der Waals surface area (Å²) in [5.74, 6) is 1.88. The highest BCUT2D eigenvalue weighted by Crippen LogP contribution is 2.33. The lowest BCUT2D eigenvalue weighted by atomic mass is 10.1. The highest BCUT2D eigenvalue weighted by Gasteiger charge is 2.28. The Hall–Kier alpha value is -2.50. The highest BCUT2D eigenvalue weighted by molar-refractivity contribution is 6.15. The average Bonchev–Trinajstić information content (AvgIpc) is 2.99. The molecule has 0 aliphatic carbocycles. The van der Waals surface area contributed by atoms with Gasteiger partial charge in [-0.3, -0.25) is 9.69 Å². The van der Waals surface area contributed by atoms with Crippen molar-refractivity contribution >= 4 is 17.9 Å². The van der Waals surface area contributed by atoms with Crippen LogP contribution in [0.1, 0.15) is 19.4 Å². The molecule has 0 radical (unpaired) electrons. The SMILES string of the molecule is CC(C)N=C1N/C(=C\c2ccc3c(c2)OCO3)C(=O)N1C. The van der Waals surface area contributed by atoms with Crippen LogP contribution < -0.4 is 14.8 Å². The maximum absolute atomic E-state index is 12.2. The van der Waals surface area contributed by atoms with Gasteiger partial charge in [0.1, 0.15) is 5.70 Å². The number of rotatable bonds is 2. The highest BCUT2D eigenvalue weighted by atomic mass is 16.7. The average molecular weight is 287 g/mol. The van der Waals surface area contributed by atoms with Crippen LogP contribution in [0.15, 0.2) is 28.9 Å². The van der Waals surface area contributed by atoms with Crippen LogP contribution in [0, 0.1) is 0 Å². The molecule has 2 heterocycles. The number of guanidine groups is 1. The standard InChI is InChI=1S/C15H17N3O3/c1-9(2)16-15-17-11(14(19)18(15)3)6-10-4-5-12-13(7-10)21-8-20-12/h4-7,9H,8H2,1-3H3,(H,16,17)/b11-6-. The summed E-state index contributed by atoms with van der Waals surface area (Å²) in [5, 5.41) is 3.05. The molecule has 1 amide bonds. The van der Waals surface area contributed by atoms with Crippen molar-refractivity contribution in [2.24, 2.45) is 4.99 Å². The molecule has 1 fully saturated rings. The third-order valence-corrected chi connectivity index (χ3v) is 3.19. The molecule has 3 rings (SSSR count). The van der Waals surface area contributed by atoms with Gasteiger partial charge >= 0.3 is 0 Å². The second-order valence-corrected chi connectivity index (χ2v) is 5.21. The van der Waals surface area contributed by atoms with Gasteiger partial charge in [0.25, 0.3) is 5.91 Å². The normalized spacial score (nSPS) is 20.8. The number of amides is 1. The summed E-state index contributed by atoms with van der Waals surface area (Å²) in [6.07, 6.45) is 1.78. The van der Waals surface area contributed by atoms with Crippen LogP contribution >= 0.6 is 0 Å². The molecule has 0 aromatic heterocycles. The topological polar surface area (TPSA) is 63.2 Å². The molecule has 1 aromatic carbocycles. The third kappa shape index (κ3) is 2.56. The van der Waals surface area contributed by atoms with Gasteiger partial charge in [-0.1, -0.05) is 6.07 Å². The van der Waals surface area contributed by atoms with E-state index in [1.165, 1.54) is 4.90 Å². The molecule has 1 aromatic rings. The first kappa shape index (κ1) is 13.5. The molecule has 2 aliphatic heterocycles. The predicted octanol–water partition coefficient (Wildman–Crippen LogP) is 1.58. The van der Waals surface area contributed by atoms with Gasteiger partial charge in [-0.15, -0.1) is 0 Å². The smallest absolute Gasteiger partial charge is 0.276 e. The number of ether oxygens (including phenoxy) is 2. The molecule has 0 bridgehead atoms. The van der Waals surface area contributed by atoms with Crippen LogP contribution in [0.5, 0.6) is 11.5 Å². The summed E-state index contributed by atoms with van der Waals surface area (Å²) >= 11 is 0. The Kier molecular flexibility index (Phi) is 3.29. The van der Waals surface area contributed by atoms with Crippen molar-refractivity contribution in [1.82, 2.24) is 10.2 Å². The summed E-state index contributed by atoms with van der Waals surface area (Å²) in [6.45, 7) is 4.17. The van der Waals surface area contributed by atoms with E-state index in [1.807, 2.05) is 32.0 Å². The zero-order valence-electron chi connectivity index (χ0n) is 12.2. The van der Waals surface area contributed by atoms with Crippen LogP contribution in [0.25, 0.3) is 6.08 Å². The number of aliphatic imine (C=N–C) groups is 1. The van der Waals surface area contributed by atoms with Crippen LogP contribution in [0.2, 0.25) is 0 Å². The Morgan fingerprint density at radius 3 is 2.86 bits per heavy atom. The van der Waals surface area contributed by atoms with E-state index in [9.17, 15) is 4.79 Å². The molecule has 0 unspecified atom stereocenters. The first-order valence-electron chi connectivity index (χ1n) is 6.79. The quantitative estimate of drug-likeness (QED) is 0.839. The van der Waals surface area contributed by atoms with Gasteiger partial charge in [0.15, 0.2) is 11.5 Å². The fourth-order valence-electron chi connectivity index (χ4n) is 2.17. The van der Waals surface area contributed by atoms with Crippen molar-refractivity contribution in [2.75, 3.05) is 13.8 Å². The van der Waals surface area contributed by atoms with Crippen molar-refractivity contribution in [3.8, 4) is 11.5 Å². The number of carbonyl (C=O) groups is 1. The Labute approximate surface area is 123 Å². The van der Waals surface area contributed by atoms with E-state index < -0.39 is 0 Å². The van der Waals surface area contributed by atoms with Gasteiger partial charge in [0.2, 0.25) is 12.8 Å². The third-order valence-electron chi connectivity index (χ3n) is 3.19. The summed E-state index contributed by atoms with van der Waals surface area (Å²) in [6, 6.07) is 5.68. The lowest BCUT2D eigenvalue weighted by molar-refractivity contribution is -0.121. The molecule has 1 N–H and O–H groups in total. The molecule has 6 nitrogen and oxygen atoms in total. The summed E-state index contributed by atoms with van der Waals surface area (Å²) < 4.78 is 10.6. The molecule has 0 atom stereocenters. The lowest BCUT2D eigenvalue weighted by Gasteiger charge is -2.08. The Bertz CT molecular complexity index is 650. The van der Waals surface area contributed by atoms with E-state index in [4.69, 9.17) is 9.47 Å². The maximum Gasteiger partial charge on any atom is 0.276 e. The van der Waals surface area contributed by atoms with E-state index in [0.29, 0.717) is 17.4 Å². The van der Waals surface area contributed by atoms with E-state index in [2.05, 4.69) is 10.3 Å². The van der Waals surface area contributed by atoms with Crippen molar-refractivity contribution in [1.29, 1.82) is 0 Å². The minimum absolute atomic E-state index is 0.105. The van der Waals surface area contributed by atoms with Gasteiger partial charge < -0.3 is 14.8 Å². The summed E-state index contributed by atoms with van der Waals surface area (Å²) in [7, 11) is 1.71. The molecule has 1 saturated heterocycles. The second kappa shape index (κ2) is 5.12. The maximum atomic E-state index is 12.2. The number of benzene rings is 1. The fourth-order valence-corrected chi connectivity index (χ4v) is 2.17. The lowest BCUT2D eigenvalue weighted by Crippen LogP contribution is -2.29. The number of carbonyl (C=O) groups excluding carboxylic acids is 1. The molecule has 0 spiro atoms. The minimum Gasteiger partial charge on any atom is -0.454 e. The predicted molar refractivity (Wildman–Crippen MR) is 79.0 cm³/mol. The van der Waals surface area contributed by atoms with Crippen LogP contribution in [0.3, 0.4) is 0 Å². The molecule has 2 aliphatic rings. The van der Waals surface area contributed by atoms with Crippen molar-refractivity contribution in [3.05, 3.63) is 29.5 Å². The monoisotopic (exact) mass is 287 g/mol. The number of fused-ring (bicyclic) bond motifs is 1. The zero-order chi connectivity index (χ0) is 15.0. The summed E-state index contributed by atoms with van der Waals surface area (Å²) in [5.41, 5.74) is 1.37. The van der Waals surface area contributed by atoms with Gasteiger partial charge in [0.05, 0.1) is 0 Å².